The number of hydrogen-bond donors (Lipinski definition) is 0. The molecule has 110 valence electrons. The molecule has 0 spiro atoms. The van der Waals surface area contributed by atoms with E-state index in [-0.39, 0.29) is 0 Å². The Morgan fingerprint density at radius 3 is 2.26 bits per heavy atom. The Bertz CT molecular complexity index is 329. The SMILES string of the molecule is CCCOCCOCCOCc1cn(C(C)C)nn1. The lowest BCUT2D eigenvalue weighted by Gasteiger charge is -2.05. The second kappa shape index (κ2) is 9.89. The van der Waals surface area contributed by atoms with Crippen molar-refractivity contribution in [2.75, 3.05) is 33.0 Å². The Hall–Kier alpha value is -0.980. The van der Waals surface area contributed by atoms with Crippen molar-refractivity contribution < 1.29 is 14.2 Å². The van der Waals surface area contributed by atoms with E-state index >= 15 is 0 Å². The van der Waals surface area contributed by atoms with Crippen LogP contribution in [0.3, 0.4) is 0 Å². The maximum Gasteiger partial charge on any atom is 0.108 e. The molecule has 0 aliphatic rings. The first-order chi connectivity index (χ1) is 9.24. The molecule has 0 fully saturated rings. The maximum atomic E-state index is 5.46. The molecule has 19 heavy (non-hydrogen) atoms. The van der Waals surface area contributed by atoms with Crippen LogP contribution in [0.1, 0.15) is 38.9 Å². The van der Waals surface area contributed by atoms with Crippen LogP contribution in [0.25, 0.3) is 0 Å². The number of hydrogen-bond acceptors (Lipinski definition) is 5. The molecule has 0 N–H and O–H groups in total. The van der Waals surface area contributed by atoms with Gasteiger partial charge in [0.05, 0.1) is 39.2 Å². The highest BCUT2D eigenvalue weighted by molar-refractivity contribution is 4.90. The highest BCUT2D eigenvalue weighted by Gasteiger charge is 2.03. The van der Waals surface area contributed by atoms with Crippen molar-refractivity contribution in [2.24, 2.45) is 0 Å². The third-order valence-electron chi connectivity index (χ3n) is 2.43. The highest BCUT2D eigenvalue weighted by Crippen LogP contribution is 2.03. The van der Waals surface area contributed by atoms with Gasteiger partial charge in [0, 0.05) is 12.6 Å². The van der Waals surface area contributed by atoms with Crippen molar-refractivity contribution in [3.8, 4) is 0 Å². The van der Waals surface area contributed by atoms with E-state index in [9.17, 15) is 0 Å². The van der Waals surface area contributed by atoms with Gasteiger partial charge in [-0.25, -0.2) is 4.68 Å². The van der Waals surface area contributed by atoms with Gasteiger partial charge >= 0.3 is 0 Å². The van der Waals surface area contributed by atoms with Crippen LogP contribution < -0.4 is 0 Å². The summed E-state index contributed by atoms with van der Waals surface area (Å²) in [5.74, 6) is 0. The van der Waals surface area contributed by atoms with Crippen molar-refractivity contribution in [1.29, 1.82) is 0 Å². The summed E-state index contributed by atoms with van der Waals surface area (Å²) in [4.78, 5) is 0. The molecule has 1 aromatic heterocycles. The third-order valence-corrected chi connectivity index (χ3v) is 2.43. The molecule has 0 aliphatic carbocycles. The average Bonchev–Trinajstić information content (AvgIpc) is 2.86. The zero-order valence-electron chi connectivity index (χ0n) is 12.2. The minimum absolute atomic E-state index is 0.327. The molecule has 0 aromatic carbocycles. The number of nitrogens with zero attached hydrogens (tertiary/aromatic N) is 3. The summed E-state index contributed by atoms with van der Waals surface area (Å²) in [6.07, 6.45) is 2.95. The summed E-state index contributed by atoms with van der Waals surface area (Å²) in [5.41, 5.74) is 0.847. The Morgan fingerprint density at radius 1 is 1.05 bits per heavy atom. The molecule has 1 aromatic rings. The van der Waals surface area contributed by atoms with Gasteiger partial charge in [0.2, 0.25) is 0 Å². The minimum Gasteiger partial charge on any atom is -0.379 e. The van der Waals surface area contributed by atoms with Gasteiger partial charge in [0.1, 0.15) is 5.69 Å². The lowest BCUT2D eigenvalue weighted by Crippen LogP contribution is -2.09. The van der Waals surface area contributed by atoms with Crippen molar-refractivity contribution in [3.05, 3.63) is 11.9 Å². The summed E-state index contributed by atoms with van der Waals surface area (Å²) >= 11 is 0. The zero-order valence-corrected chi connectivity index (χ0v) is 12.2. The molecule has 0 radical (unpaired) electrons. The van der Waals surface area contributed by atoms with Gasteiger partial charge in [-0.05, 0) is 20.3 Å². The van der Waals surface area contributed by atoms with Gasteiger partial charge in [-0.15, -0.1) is 5.10 Å². The van der Waals surface area contributed by atoms with Gasteiger partial charge in [0.15, 0.2) is 0 Å². The van der Waals surface area contributed by atoms with E-state index in [1.165, 1.54) is 0 Å². The molecule has 0 saturated heterocycles. The molecule has 6 nitrogen and oxygen atoms in total. The predicted octanol–water partition coefficient (Wildman–Crippen LogP) is 1.82. The van der Waals surface area contributed by atoms with Crippen LogP contribution in [0.4, 0.5) is 0 Å². The van der Waals surface area contributed by atoms with Crippen LogP contribution in [0.2, 0.25) is 0 Å². The molecule has 0 atom stereocenters. The number of aromatic nitrogens is 3. The van der Waals surface area contributed by atoms with Crippen molar-refractivity contribution >= 4 is 0 Å². The predicted molar refractivity (Wildman–Crippen MR) is 72.0 cm³/mol. The molecule has 0 unspecified atom stereocenters. The smallest absolute Gasteiger partial charge is 0.108 e. The number of ether oxygens (including phenoxy) is 3. The van der Waals surface area contributed by atoms with Gasteiger partial charge in [-0.3, -0.25) is 0 Å². The Labute approximate surface area is 115 Å². The van der Waals surface area contributed by atoms with Gasteiger partial charge in [-0.1, -0.05) is 12.1 Å². The third kappa shape index (κ3) is 7.25. The van der Waals surface area contributed by atoms with Gasteiger partial charge < -0.3 is 14.2 Å². The lowest BCUT2D eigenvalue weighted by molar-refractivity contribution is 0.0102. The standard InChI is InChI=1S/C13H25N3O3/c1-4-5-17-6-7-18-8-9-19-11-13-10-16(12(2)3)15-14-13/h10,12H,4-9,11H2,1-3H3. The van der Waals surface area contributed by atoms with E-state index in [2.05, 4.69) is 31.1 Å². The summed E-state index contributed by atoms with van der Waals surface area (Å²) in [6, 6.07) is 0.327. The second-order valence-corrected chi connectivity index (χ2v) is 4.56. The lowest BCUT2D eigenvalue weighted by atomic mass is 10.4. The molecule has 1 heterocycles. The summed E-state index contributed by atoms with van der Waals surface area (Å²) in [7, 11) is 0. The van der Waals surface area contributed by atoms with Crippen molar-refractivity contribution in [1.82, 2.24) is 15.0 Å². The van der Waals surface area contributed by atoms with E-state index in [1.54, 1.807) is 0 Å². The van der Waals surface area contributed by atoms with Gasteiger partial charge in [-0.2, -0.15) is 0 Å². The van der Waals surface area contributed by atoms with E-state index in [0.29, 0.717) is 39.1 Å². The fraction of sp³-hybridized carbons (Fsp3) is 0.846. The van der Waals surface area contributed by atoms with Crippen LogP contribution in [0.15, 0.2) is 6.20 Å². The zero-order chi connectivity index (χ0) is 13.9. The molecular formula is C13H25N3O3. The van der Waals surface area contributed by atoms with E-state index < -0.39 is 0 Å². The van der Waals surface area contributed by atoms with Crippen LogP contribution in [-0.4, -0.2) is 48.0 Å². The monoisotopic (exact) mass is 271 g/mol. The first kappa shape index (κ1) is 16.1. The number of rotatable bonds is 11. The topological polar surface area (TPSA) is 58.4 Å². The average molecular weight is 271 g/mol. The van der Waals surface area contributed by atoms with Crippen LogP contribution in [-0.2, 0) is 20.8 Å². The Kier molecular flexibility index (Phi) is 8.36. The molecule has 0 saturated carbocycles. The molecule has 6 heteroatoms. The highest BCUT2D eigenvalue weighted by atomic mass is 16.5. The quantitative estimate of drug-likeness (QED) is 0.575. The Morgan fingerprint density at radius 2 is 1.68 bits per heavy atom. The van der Waals surface area contributed by atoms with E-state index in [0.717, 1.165) is 18.7 Å². The first-order valence-corrected chi connectivity index (χ1v) is 6.88. The molecule has 0 aliphatic heterocycles. The molecule has 1 rings (SSSR count). The second-order valence-electron chi connectivity index (χ2n) is 4.56. The fourth-order valence-electron chi connectivity index (χ4n) is 1.39. The normalized spacial score (nSPS) is 11.4. The van der Waals surface area contributed by atoms with Crippen molar-refractivity contribution in [3.63, 3.8) is 0 Å². The van der Waals surface area contributed by atoms with Crippen LogP contribution >= 0.6 is 0 Å². The summed E-state index contributed by atoms with van der Waals surface area (Å²) < 4.78 is 17.9. The Balaban J connectivity index is 1.95. The van der Waals surface area contributed by atoms with Gasteiger partial charge in [0.25, 0.3) is 0 Å². The fourth-order valence-corrected chi connectivity index (χ4v) is 1.39. The van der Waals surface area contributed by atoms with Crippen molar-refractivity contribution in [2.45, 2.75) is 39.8 Å². The maximum absolute atomic E-state index is 5.46. The molecule has 0 amide bonds. The summed E-state index contributed by atoms with van der Waals surface area (Å²) in [5, 5.41) is 8.04. The van der Waals surface area contributed by atoms with Crippen LogP contribution in [0.5, 0.6) is 0 Å². The molecule has 0 bridgehead atoms. The minimum atomic E-state index is 0.327. The largest absolute Gasteiger partial charge is 0.379 e. The first-order valence-electron chi connectivity index (χ1n) is 6.88. The summed E-state index contributed by atoms with van der Waals surface area (Å²) in [6.45, 7) is 9.89. The van der Waals surface area contributed by atoms with E-state index in [4.69, 9.17) is 14.2 Å². The molecular weight excluding hydrogens is 246 g/mol. The van der Waals surface area contributed by atoms with E-state index in [1.807, 2.05) is 10.9 Å². The van der Waals surface area contributed by atoms with Crippen LogP contribution in [0, 0.1) is 0 Å².